The van der Waals surface area contributed by atoms with Crippen molar-refractivity contribution in [2.45, 2.75) is 52.4 Å². The molecule has 0 aliphatic heterocycles. The Morgan fingerprint density at radius 2 is 0.592 bits per heavy atom. The predicted octanol–water partition coefficient (Wildman–Crippen LogP) is 27.4. The topological polar surface area (TPSA) is 18.1 Å². The molecule has 2 heteroatoms. The van der Waals surface area contributed by atoms with Crippen molar-refractivity contribution in [1.29, 1.82) is 0 Å². The molecule has 0 fully saturated rings. The third kappa shape index (κ3) is 9.23. The summed E-state index contributed by atoms with van der Waals surface area (Å²) in [7, 11) is 0. The van der Waals surface area contributed by atoms with Crippen molar-refractivity contribution in [2.24, 2.45) is 0 Å². The Morgan fingerprint density at radius 1 is 0.235 bits per heavy atom. The molecule has 2 aromatic heterocycles. The molecule has 0 saturated heterocycles. The van der Waals surface area contributed by atoms with Gasteiger partial charge in [0.1, 0.15) is 11.2 Å². The third-order valence-electron chi connectivity index (χ3n) is 21.2. The van der Waals surface area contributed by atoms with Crippen LogP contribution in [0.1, 0.15) is 52.7 Å². The Hall–Kier alpha value is -11.8. The number of para-hydroxylation sites is 4. The van der Waals surface area contributed by atoms with Gasteiger partial charge >= 0.3 is 0 Å². The van der Waals surface area contributed by atoms with E-state index in [0.29, 0.717) is 0 Å². The summed E-state index contributed by atoms with van der Waals surface area (Å²) in [4.78, 5) is 0. The largest absolute Gasteiger partial charge is 0.455 e. The average Bonchev–Trinajstić information content (AvgIpc) is 1.000. The summed E-state index contributed by atoms with van der Waals surface area (Å²) in [5.41, 5.74) is 20.6. The summed E-state index contributed by atoms with van der Waals surface area (Å²) >= 11 is 0. The van der Waals surface area contributed by atoms with E-state index in [2.05, 4.69) is 343 Å². The van der Waals surface area contributed by atoms with Crippen LogP contribution in [0.15, 0.2) is 314 Å². The summed E-state index contributed by atoms with van der Waals surface area (Å²) in [6.45, 7) is 13.8. The van der Waals surface area contributed by atoms with Gasteiger partial charge in [-0.25, -0.2) is 0 Å². The van der Waals surface area contributed by atoms with Crippen LogP contribution in [-0.2, 0) is 10.8 Å². The second-order valence-corrected chi connectivity index (χ2v) is 29.1. The molecule has 20 aromatic rings. The van der Waals surface area contributed by atoms with Gasteiger partial charge in [0.05, 0.1) is 11.0 Å². The van der Waals surface area contributed by atoms with E-state index in [4.69, 9.17) is 4.42 Å². The fourth-order valence-corrected chi connectivity index (χ4v) is 16.2. The van der Waals surface area contributed by atoms with Crippen molar-refractivity contribution >= 4 is 130 Å². The molecule has 0 saturated carbocycles. The monoisotopic (exact) mass is 1250 g/mol. The molecule has 0 radical (unpaired) electrons. The number of fused-ring (bicyclic) bond motifs is 8. The van der Waals surface area contributed by atoms with Gasteiger partial charge in [0, 0.05) is 32.8 Å². The molecule has 0 aliphatic carbocycles. The van der Waals surface area contributed by atoms with Gasteiger partial charge in [0.25, 0.3) is 0 Å². The van der Waals surface area contributed by atoms with Crippen LogP contribution < -0.4 is 0 Å². The van der Waals surface area contributed by atoms with Crippen molar-refractivity contribution < 1.29 is 4.42 Å². The minimum Gasteiger partial charge on any atom is -0.455 e. The maximum absolute atomic E-state index is 6.40. The van der Waals surface area contributed by atoms with Crippen LogP contribution in [0.3, 0.4) is 0 Å². The maximum atomic E-state index is 6.40. The van der Waals surface area contributed by atoms with Crippen molar-refractivity contribution in [2.75, 3.05) is 0 Å². The van der Waals surface area contributed by atoms with E-state index >= 15 is 0 Å². The lowest BCUT2D eigenvalue weighted by atomic mass is 9.81. The van der Waals surface area contributed by atoms with Crippen LogP contribution in [0, 0.1) is 0 Å². The Balaban J connectivity index is 0.000000137. The lowest BCUT2D eigenvalue weighted by Gasteiger charge is -2.23. The SMILES string of the molecule is CC(C)(C)c1cc2ccc3c(-c4ccc(-c5cccc6c5oc5ccccc56)cc4)cc(-c4ccc5ccccc5c4)c4ccc(c1)c2c34.CC(C)(C)c1cc2ccc3c(-c4ccc(-n5c6ccccc6c6ccccc65)cc4)cc(-c4ccc5ccccc5c4)c4ccc(c1)c2c34. The van der Waals surface area contributed by atoms with Crippen molar-refractivity contribution in [3.05, 3.63) is 321 Å². The highest BCUT2D eigenvalue weighted by Crippen LogP contribution is 2.49. The molecule has 2 heterocycles. The minimum absolute atomic E-state index is 0.0698. The van der Waals surface area contributed by atoms with Gasteiger partial charge in [-0.3, -0.25) is 0 Å². The zero-order chi connectivity index (χ0) is 65.7. The van der Waals surface area contributed by atoms with Crippen LogP contribution in [0.2, 0.25) is 0 Å². The van der Waals surface area contributed by atoms with Gasteiger partial charge < -0.3 is 8.98 Å². The zero-order valence-corrected chi connectivity index (χ0v) is 55.8. The van der Waals surface area contributed by atoms with E-state index in [9.17, 15) is 0 Å². The zero-order valence-electron chi connectivity index (χ0n) is 55.8. The summed E-state index contributed by atoms with van der Waals surface area (Å²) < 4.78 is 8.80. The molecule has 0 N–H and O–H groups in total. The van der Waals surface area contributed by atoms with E-state index in [-0.39, 0.29) is 10.8 Å². The molecular weight excluding hydrogens is 1180 g/mol. The number of furan rings is 1. The molecular formula is C96H69NO. The van der Waals surface area contributed by atoms with Crippen LogP contribution in [0.4, 0.5) is 0 Å². The van der Waals surface area contributed by atoms with Crippen LogP contribution in [0.5, 0.6) is 0 Å². The van der Waals surface area contributed by atoms with Gasteiger partial charge in [0.15, 0.2) is 0 Å². The Morgan fingerprint density at radius 3 is 1.05 bits per heavy atom. The fraction of sp³-hybridized carbons (Fsp3) is 0.0833. The molecule has 0 amide bonds. The first-order valence-electron chi connectivity index (χ1n) is 34.4. The van der Waals surface area contributed by atoms with Gasteiger partial charge in [-0.05, 0) is 213 Å². The predicted molar refractivity (Wildman–Crippen MR) is 422 cm³/mol. The smallest absolute Gasteiger partial charge is 0.143 e. The van der Waals surface area contributed by atoms with Gasteiger partial charge in [-0.1, -0.05) is 296 Å². The molecule has 98 heavy (non-hydrogen) atoms. The van der Waals surface area contributed by atoms with Gasteiger partial charge in [0.2, 0.25) is 0 Å². The van der Waals surface area contributed by atoms with Gasteiger partial charge in [-0.15, -0.1) is 0 Å². The molecule has 0 unspecified atom stereocenters. The first-order valence-corrected chi connectivity index (χ1v) is 34.4. The number of rotatable bonds is 6. The maximum Gasteiger partial charge on any atom is 0.143 e. The quantitative estimate of drug-likeness (QED) is 0.152. The molecule has 464 valence electrons. The molecule has 0 spiro atoms. The van der Waals surface area contributed by atoms with E-state index in [1.807, 2.05) is 12.1 Å². The summed E-state index contributed by atoms with van der Waals surface area (Å²) in [6, 6.07) is 115. The normalized spacial score (nSPS) is 12.4. The number of hydrogen-bond donors (Lipinski definition) is 0. The third-order valence-corrected chi connectivity index (χ3v) is 21.2. The number of aromatic nitrogens is 1. The molecule has 0 atom stereocenters. The highest BCUT2D eigenvalue weighted by atomic mass is 16.3. The number of nitrogens with zero attached hydrogens (tertiary/aromatic N) is 1. The fourth-order valence-electron chi connectivity index (χ4n) is 16.2. The second kappa shape index (κ2) is 21.8. The Kier molecular flexibility index (Phi) is 12.8. The number of benzene rings is 18. The van der Waals surface area contributed by atoms with Crippen molar-refractivity contribution in [3.8, 4) is 61.3 Å². The summed E-state index contributed by atoms with van der Waals surface area (Å²) in [5.74, 6) is 0. The van der Waals surface area contributed by atoms with Crippen LogP contribution in [-0.4, -0.2) is 4.57 Å². The Bertz CT molecular complexity index is 6500. The van der Waals surface area contributed by atoms with Crippen LogP contribution in [0.25, 0.3) is 191 Å². The molecule has 0 aliphatic rings. The van der Waals surface area contributed by atoms with E-state index in [1.54, 1.807) is 0 Å². The standard InChI is InChI=1S/C48H35N.C48H34O/c1-48(2,3)36-27-34-20-24-40-42(31-18-22-37(23-19-31)49-44-14-8-6-12-38(44)39-13-7-9-15-45(39)49)29-43(41-25-21-35(28-36)46(34)47(40)41)33-17-16-30-10-4-5-11-32(30)26-33;1-48(2,3)36-26-34-21-23-39-42(31-18-16-30(17-19-31)37-12-8-13-41-38-11-6-7-14-44(38)49-47(37)41)28-43(40-24-22-35(27-36)45(34)46(39)40)33-20-15-29-9-4-5-10-32(29)25-33/h4-29H,1-3H3;4-28H,1-3H3. The molecule has 20 rings (SSSR count). The lowest BCUT2D eigenvalue weighted by molar-refractivity contribution is 0.591. The van der Waals surface area contributed by atoms with E-state index in [0.717, 1.165) is 33.1 Å². The molecule has 2 nitrogen and oxygen atoms in total. The first kappa shape index (κ1) is 57.6. The van der Waals surface area contributed by atoms with Crippen LogP contribution >= 0.6 is 0 Å². The second-order valence-electron chi connectivity index (χ2n) is 29.1. The van der Waals surface area contributed by atoms with Crippen molar-refractivity contribution in [1.82, 2.24) is 4.57 Å². The summed E-state index contributed by atoms with van der Waals surface area (Å²) in [6.07, 6.45) is 0. The lowest BCUT2D eigenvalue weighted by Crippen LogP contribution is -2.10. The Labute approximate surface area is 569 Å². The average molecular weight is 1250 g/mol. The minimum atomic E-state index is 0.0698. The van der Waals surface area contributed by atoms with Crippen molar-refractivity contribution in [3.63, 3.8) is 0 Å². The summed E-state index contributed by atoms with van der Waals surface area (Å²) in [5, 5.41) is 25.7. The van der Waals surface area contributed by atoms with E-state index < -0.39 is 0 Å². The van der Waals surface area contributed by atoms with E-state index in [1.165, 1.54) is 169 Å². The first-order chi connectivity index (χ1) is 47.8. The highest BCUT2D eigenvalue weighted by Gasteiger charge is 2.24. The van der Waals surface area contributed by atoms with Gasteiger partial charge in [-0.2, -0.15) is 0 Å². The molecule has 0 bridgehead atoms. The number of hydrogen-bond acceptors (Lipinski definition) is 1. The molecule has 18 aromatic carbocycles. The highest BCUT2D eigenvalue weighted by molar-refractivity contribution is 6.30.